The second kappa shape index (κ2) is 56.1. The molecule has 0 bridgehead atoms. The summed E-state index contributed by atoms with van der Waals surface area (Å²) in [6.07, 6.45) is 75.7. The molecule has 1 atom stereocenters. The van der Waals surface area contributed by atoms with Crippen LogP contribution in [0.1, 0.15) is 252 Å². The number of allylic oxidation sites excluding steroid dienone is 16. The van der Waals surface area contributed by atoms with Crippen LogP contribution in [0.15, 0.2) is 97.2 Å². The smallest absolute Gasteiger partial charge is 0.306 e. The molecule has 5 heteroatoms. The van der Waals surface area contributed by atoms with Gasteiger partial charge in [-0.3, -0.25) is 9.59 Å². The Morgan fingerprint density at radius 1 is 0.348 bits per heavy atom. The van der Waals surface area contributed by atoms with Crippen molar-refractivity contribution in [2.75, 3.05) is 19.8 Å². The molecule has 5 nitrogen and oxygen atoms in total. The van der Waals surface area contributed by atoms with Gasteiger partial charge in [0.2, 0.25) is 0 Å². The van der Waals surface area contributed by atoms with E-state index in [-0.39, 0.29) is 25.2 Å². The predicted molar refractivity (Wildman–Crippen MR) is 288 cm³/mol. The number of unbranched alkanes of at least 4 members (excludes halogenated alkanes) is 23. The van der Waals surface area contributed by atoms with Crippen LogP contribution in [0.2, 0.25) is 0 Å². The van der Waals surface area contributed by atoms with E-state index in [0.29, 0.717) is 19.4 Å². The van der Waals surface area contributed by atoms with Crippen LogP contribution < -0.4 is 0 Å². The summed E-state index contributed by atoms with van der Waals surface area (Å²) in [6.45, 7) is 7.54. The van der Waals surface area contributed by atoms with Gasteiger partial charge < -0.3 is 14.2 Å². The molecule has 0 aromatic carbocycles. The molecule has 0 aliphatic rings. The molecule has 0 spiro atoms. The molecule has 0 aliphatic heterocycles. The van der Waals surface area contributed by atoms with Crippen molar-refractivity contribution in [1.29, 1.82) is 0 Å². The molecule has 0 aromatic rings. The zero-order valence-electron chi connectivity index (χ0n) is 43.4. The molecular formula is C61H104O5. The van der Waals surface area contributed by atoms with Crippen molar-refractivity contribution in [1.82, 2.24) is 0 Å². The van der Waals surface area contributed by atoms with Crippen LogP contribution in [0.25, 0.3) is 0 Å². The molecule has 0 heterocycles. The number of carbonyl (C=O) groups is 2. The lowest BCUT2D eigenvalue weighted by atomic mass is 10.0. The van der Waals surface area contributed by atoms with Crippen LogP contribution in [0.3, 0.4) is 0 Å². The maximum atomic E-state index is 12.8. The van der Waals surface area contributed by atoms with Gasteiger partial charge in [-0.15, -0.1) is 0 Å². The minimum Gasteiger partial charge on any atom is -0.462 e. The van der Waals surface area contributed by atoms with Crippen molar-refractivity contribution in [2.24, 2.45) is 0 Å². The quantitative estimate of drug-likeness (QED) is 0.0346. The van der Waals surface area contributed by atoms with Crippen molar-refractivity contribution in [3.8, 4) is 0 Å². The Bertz CT molecular complexity index is 1270. The fourth-order valence-electron chi connectivity index (χ4n) is 7.56. The van der Waals surface area contributed by atoms with E-state index in [2.05, 4.69) is 118 Å². The number of carbonyl (C=O) groups excluding carboxylic acids is 2. The average Bonchev–Trinajstić information content (AvgIpc) is 3.32. The molecule has 1 unspecified atom stereocenters. The van der Waals surface area contributed by atoms with Crippen LogP contribution in [0.5, 0.6) is 0 Å². The van der Waals surface area contributed by atoms with Crippen LogP contribution in [-0.4, -0.2) is 37.9 Å². The predicted octanol–water partition coefficient (Wildman–Crippen LogP) is 19.0. The summed E-state index contributed by atoms with van der Waals surface area (Å²) < 4.78 is 17.4. The molecule has 66 heavy (non-hydrogen) atoms. The fourth-order valence-corrected chi connectivity index (χ4v) is 7.56. The topological polar surface area (TPSA) is 61.8 Å². The molecule has 0 saturated heterocycles. The highest BCUT2D eigenvalue weighted by molar-refractivity contribution is 5.70. The first-order valence-corrected chi connectivity index (χ1v) is 27.8. The summed E-state index contributed by atoms with van der Waals surface area (Å²) in [4.78, 5) is 25.5. The van der Waals surface area contributed by atoms with Crippen LogP contribution in [0, 0.1) is 0 Å². The third-order valence-electron chi connectivity index (χ3n) is 11.6. The van der Waals surface area contributed by atoms with Crippen molar-refractivity contribution < 1.29 is 23.8 Å². The Morgan fingerprint density at radius 2 is 0.697 bits per heavy atom. The van der Waals surface area contributed by atoms with Crippen LogP contribution in [-0.2, 0) is 23.8 Å². The lowest BCUT2D eigenvalue weighted by Gasteiger charge is -2.18. The third kappa shape index (κ3) is 53.4. The lowest BCUT2D eigenvalue weighted by Crippen LogP contribution is -2.30. The van der Waals surface area contributed by atoms with Crippen molar-refractivity contribution >= 4 is 11.9 Å². The normalized spacial score (nSPS) is 13.0. The Hall–Kier alpha value is -3.18. The first-order chi connectivity index (χ1) is 32.6. The minimum atomic E-state index is -0.570. The van der Waals surface area contributed by atoms with E-state index in [0.717, 1.165) is 96.3 Å². The second-order valence-corrected chi connectivity index (χ2v) is 18.1. The lowest BCUT2D eigenvalue weighted by molar-refractivity contribution is -0.163. The van der Waals surface area contributed by atoms with Crippen molar-refractivity contribution in [2.45, 2.75) is 258 Å². The monoisotopic (exact) mass is 917 g/mol. The van der Waals surface area contributed by atoms with Gasteiger partial charge in [-0.25, -0.2) is 0 Å². The molecular weight excluding hydrogens is 813 g/mol. The van der Waals surface area contributed by atoms with Crippen molar-refractivity contribution in [3.05, 3.63) is 97.2 Å². The van der Waals surface area contributed by atoms with Gasteiger partial charge in [0.1, 0.15) is 6.61 Å². The highest BCUT2D eigenvalue weighted by atomic mass is 16.6. The first-order valence-electron chi connectivity index (χ1n) is 27.8. The highest BCUT2D eigenvalue weighted by Crippen LogP contribution is 2.15. The van der Waals surface area contributed by atoms with Gasteiger partial charge in [-0.05, 0) is 89.9 Å². The Kier molecular flexibility index (Phi) is 53.4. The van der Waals surface area contributed by atoms with Gasteiger partial charge >= 0.3 is 11.9 Å². The SMILES string of the molecule is CC/C=C\C/C=C\C/C=C\C/C=C\C/C=C\CCCC(=O)OCC(COCCCCCCCC/C=C\C/C=C\C/C=C\CC)OC(=O)CCCCCCCCCCCCCCCCCCC. The molecule has 378 valence electrons. The maximum absolute atomic E-state index is 12.8. The minimum absolute atomic E-state index is 0.0479. The van der Waals surface area contributed by atoms with Gasteiger partial charge in [-0.1, -0.05) is 246 Å². The van der Waals surface area contributed by atoms with Crippen LogP contribution in [0.4, 0.5) is 0 Å². The highest BCUT2D eigenvalue weighted by Gasteiger charge is 2.17. The Morgan fingerprint density at radius 3 is 1.14 bits per heavy atom. The van der Waals surface area contributed by atoms with E-state index >= 15 is 0 Å². The zero-order chi connectivity index (χ0) is 47.7. The van der Waals surface area contributed by atoms with E-state index in [1.807, 2.05) is 0 Å². The zero-order valence-corrected chi connectivity index (χ0v) is 43.4. The standard InChI is InChI=1S/C61H104O5/c1-4-7-10-13-16-19-22-25-28-31-33-36-39-42-45-48-51-54-60(62)65-58-59(57-64-56-53-50-47-44-41-38-35-30-27-24-21-18-15-12-9-6-3)66-61(63)55-52-49-46-43-40-37-34-32-29-26-23-20-17-14-11-8-5-2/h7,9-10,12,16,18-19,21,25,27-28,30,33,36,42,45,59H,4-6,8,11,13-15,17,20,22-24,26,29,31-32,34-35,37-41,43-44,46-58H2,1-3H3/b10-7-,12-9-,19-16-,21-18-,28-25-,30-27-,36-33-,45-42-. The largest absolute Gasteiger partial charge is 0.462 e. The van der Waals surface area contributed by atoms with Gasteiger partial charge in [0.05, 0.1) is 6.61 Å². The second-order valence-electron chi connectivity index (χ2n) is 18.1. The van der Waals surface area contributed by atoms with E-state index in [1.54, 1.807) is 0 Å². The van der Waals surface area contributed by atoms with Crippen molar-refractivity contribution in [3.63, 3.8) is 0 Å². The number of hydrogen-bond acceptors (Lipinski definition) is 5. The van der Waals surface area contributed by atoms with Gasteiger partial charge in [-0.2, -0.15) is 0 Å². The molecule has 0 aliphatic carbocycles. The number of ether oxygens (including phenoxy) is 3. The molecule has 0 fully saturated rings. The number of esters is 2. The van der Waals surface area contributed by atoms with E-state index in [9.17, 15) is 9.59 Å². The molecule has 0 radical (unpaired) electrons. The van der Waals surface area contributed by atoms with E-state index in [1.165, 1.54) is 122 Å². The maximum Gasteiger partial charge on any atom is 0.306 e. The molecule has 0 N–H and O–H groups in total. The summed E-state index contributed by atoms with van der Waals surface area (Å²) in [7, 11) is 0. The molecule has 0 saturated carbocycles. The Balaban J connectivity index is 4.38. The summed E-state index contributed by atoms with van der Waals surface area (Å²) in [5.74, 6) is -0.468. The summed E-state index contributed by atoms with van der Waals surface area (Å²) in [5, 5.41) is 0. The van der Waals surface area contributed by atoms with Crippen LogP contribution >= 0.6 is 0 Å². The Labute approximate surface area is 409 Å². The first kappa shape index (κ1) is 62.8. The van der Waals surface area contributed by atoms with Gasteiger partial charge in [0, 0.05) is 19.4 Å². The number of rotatable bonds is 50. The van der Waals surface area contributed by atoms with Gasteiger partial charge in [0.25, 0.3) is 0 Å². The molecule has 0 rings (SSSR count). The summed E-state index contributed by atoms with van der Waals surface area (Å²) >= 11 is 0. The number of hydrogen-bond donors (Lipinski definition) is 0. The van der Waals surface area contributed by atoms with E-state index in [4.69, 9.17) is 14.2 Å². The summed E-state index contributed by atoms with van der Waals surface area (Å²) in [6, 6.07) is 0. The van der Waals surface area contributed by atoms with E-state index < -0.39 is 6.10 Å². The fraction of sp³-hybridized carbons (Fsp3) is 0.705. The summed E-state index contributed by atoms with van der Waals surface area (Å²) in [5.41, 5.74) is 0. The van der Waals surface area contributed by atoms with Gasteiger partial charge in [0.15, 0.2) is 6.10 Å². The molecule has 0 aromatic heterocycles. The third-order valence-corrected chi connectivity index (χ3v) is 11.6. The molecule has 0 amide bonds. The average molecular weight is 917 g/mol.